The molecule has 0 atom stereocenters. The van der Waals surface area contributed by atoms with Gasteiger partial charge in [0.2, 0.25) is 5.76 Å². The molecule has 6 nitrogen and oxygen atoms in total. The Morgan fingerprint density at radius 3 is 2.80 bits per heavy atom. The molecule has 3 aromatic heterocycles. The summed E-state index contributed by atoms with van der Waals surface area (Å²) in [7, 11) is 1.35. The maximum absolute atomic E-state index is 11.9. The van der Waals surface area contributed by atoms with E-state index in [-0.39, 0.29) is 5.76 Å². The molecule has 0 amide bonds. The van der Waals surface area contributed by atoms with Crippen LogP contribution >= 0.6 is 23.1 Å². The number of hydrogen-bond donors (Lipinski definition) is 0. The molecule has 0 aliphatic carbocycles. The van der Waals surface area contributed by atoms with E-state index in [1.807, 2.05) is 12.1 Å². The zero-order valence-corrected chi connectivity index (χ0v) is 18.1. The summed E-state index contributed by atoms with van der Waals surface area (Å²) in [4.78, 5) is 13.1. The van der Waals surface area contributed by atoms with Crippen LogP contribution in [0.4, 0.5) is 0 Å². The number of esters is 1. The van der Waals surface area contributed by atoms with Gasteiger partial charge in [0, 0.05) is 29.2 Å². The maximum atomic E-state index is 11.9. The van der Waals surface area contributed by atoms with Crippen LogP contribution < -0.4 is 0 Å². The van der Waals surface area contributed by atoms with Crippen LogP contribution in [-0.4, -0.2) is 27.8 Å². The van der Waals surface area contributed by atoms with Crippen molar-refractivity contribution < 1.29 is 13.9 Å². The second kappa shape index (κ2) is 9.77. The fraction of sp³-hybridized carbons (Fsp3) is 0.227. The number of thiophene rings is 1. The highest BCUT2D eigenvalue weighted by Gasteiger charge is 2.18. The highest BCUT2D eigenvalue weighted by Crippen LogP contribution is 2.26. The van der Waals surface area contributed by atoms with Crippen molar-refractivity contribution in [1.82, 2.24) is 14.8 Å². The third-order valence-corrected chi connectivity index (χ3v) is 6.54. The lowest BCUT2D eigenvalue weighted by molar-refractivity contribution is 0.0564. The van der Waals surface area contributed by atoms with Gasteiger partial charge in [0.05, 0.1) is 13.4 Å². The summed E-state index contributed by atoms with van der Waals surface area (Å²) >= 11 is 3.26. The lowest BCUT2D eigenvalue weighted by Gasteiger charge is -2.10. The molecule has 0 aliphatic heterocycles. The van der Waals surface area contributed by atoms with Crippen molar-refractivity contribution >= 4 is 29.1 Å². The second-order valence-corrected chi connectivity index (χ2v) is 8.57. The highest BCUT2D eigenvalue weighted by atomic mass is 32.2. The number of thioether (sulfide) groups is 1. The summed E-state index contributed by atoms with van der Waals surface area (Å²) < 4.78 is 12.3. The number of furan rings is 1. The molecule has 0 radical (unpaired) electrons. The van der Waals surface area contributed by atoms with E-state index in [1.54, 1.807) is 29.2 Å². The Hall–Kier alpha value is -2.84. The molecule has 0 unspecified atom stereocenters. The van der Waals surface area contributed by atoms with E-state index < -0.39 is 5.97 Å². The predicted molar refractivity (Wildman–Crippen MR) is 117 cm³/mol. The van der Waals surface area contributed by atoms with Crippen molar-refractivity contribution in [1.29, 1.82) is 0 Å². The second-order valence-electron chi connectivity index (χ2n) is 6.60. The zero-order valence-electron chi connectivity index (χ0n) is 16.5. The number of benzene rings is 1. The fourth-order valence-corrected chi connectivity index (χ4v) is 4.76. The molecular weight excluding hydrogens is 418 g/mol. The van der Waals surface area contributed by atoms with Crippen molar-refractivity contribution in [3.05, 3.63) is 87.8 Å². The quantitative estimate of drug-likeness (QED) is 0.274. The van der Waals surface area contributed by atoms with Crippen LogP contribution in [0.1, 0.15) is 32.4 Å². The van der Waals surface area contributed by atoms with Crippen LogP contribution in [0.2, 0.25) is 0 Å². The van der Waals surface area contributed by atoms with Crippen LogP contribution in [0.5, 0.6) is 0 Å². The van der Waals surface area contributed by atoms with E-state index in [9.17, 15) is 4.79 Å². The van der Waals surface area contributed by atoms with Crippen LogP contribution in [-0.2, 0) is 29.9 Å². The maximum Gasteiger partial charge on any atom is 0.374 e. The summed E-state index contributed by atoms with van der Waals surface area (Å²) in [5, 5.41) is 11.8. The van der Waals surface area contributed by atoms with Gasteiger partial charge in [-0.3, -0.25) is 0 Å². The molecule has 0 N–H and O–H groups in total. The Morgan fingerprint density at radius 1 is 1.17 bits per heavy atom. The molecule has 0 fully saturated rings. The van der Waals surface area contributed by atoms with Gasteiger partial charge >= 0.3 is 5.97 Å². The molecule has 3 heterocycles. The van der Waals surface area contributed by atoms with E-state index in [2.05, 4.69) is 50.5 Å². The molecule has 0 saturated carbocycles. The van der Waals surface area contributed by atoms with Gasteiger partial charge < -0.3 is 13.7 Å². The third-order valence-electron chi connectivity index (χ3n) is 4.65. The van der Waals surface area contributed by atoms with Gasteiger partial charge in [-0.05, 0) is 29.5 Å². The van der Waals surface area contributed by atoms with E-state index >= 15 is 0 Å². The topological polar surface area (TPSA) is 70.2 Å². The Kier molecular flexibility index (Phi) is 6.66. The molecule has 0 spiro atoms. The van der Waals surface area contributed by atoms with E-state index in [1.165, 1.54) is 23.8 Å². The van der Waals surface area contributed by atoms with Gasteiger partial charge in [0.15, 0.2) is 5.16 Å². The average Bonchev–Trinajstić information content (AvgIpc) is 3.53. The van der Waals surface area contributed by atoms with Gasteiger partial charge in [-0.25, -0.2) is 4.79 Å². The number of rotatable bonds is 9. The summed E-state index contributed by atoms with van der Waals surface area (Å²) in [5.74, 6) is 1.25. The number of aryl methyl sites for hydroxylation is 1. The minimum atomic E-state index is -0.473. The summed E-state index contributed by atoms with van der Waals surface area (Å²) in [6.45, 7) is 0.787. The van der Waals surface area contributed by atoms with Crippen molar-refractivity contribution in [2.75, 3.05) is 7.11 Å². The van der Waals surface area contributed by atoms with Crippen molar-refractivity contribution in [3.8, 4) is 0 Å². The molecule has 4 rings (SSSR count). The lowest BCUT2D eigenvalue weighted by atomic mass is 10.1. The highest BCUT2D eigenvalue weighted by molar-refractivity contribution is 7.98. The Balaban J connectivity index is 1.53. The Labute approximate surface area is 182 Å². The van der Waals surface area contributed by atoms with Crippen molar-refractivity contribution in [3.63, 3.8) is 0 Å². The first kappa shape index (κ1) is 20.4. The fourth-order valence-electron chi connectivity index (χ4n) is 3.10. The number of methoxy groups -OCH3 is 1. The Bertz CT molecular complexity index is 1090. The number of carbonyl (C=O) groups is 1. The minimum Gasteiger partial charge on any atom is -0.463 e. The normalized spacial score (nSPS) is 11.0. The number of hydrogen-bond acceptors (Lipinski definition) is 7. The van der Waals surface area contributed by atoms with E-state index in [0.717, 1.165) is 35.9 Å². The first-order valence-corrected chi connectivity index (χ1v) is 11.4. The Morgan fingerprint density at radius 2 is 2.03 bits per heavy atom. The zero-order chi connectivity index (χ0) is 20.8. The predicted octanol–water partition coefficient (Wildman–Crippen LogP) is 4.85. The van der Waals surface area contributed by atoms with Gasteiger partial charge in [0.25, 0.3) is 0 Å². The van der Waals surface area contributed by atoms with Crippen LogP contribution in [0, 0.1) is 0 Å². The van der Waals surface area contributed by atoms with E-state index in [4.69, 9.17) is 9.15 Å². The number of ether oxygens (including phenoxy) is 1. The standard InChI is InChI=1S/C22H21N3O3S2/c1-27-21(26)20-17(10-12-28-20)15-30-22-24-23-19(14-18-8-5-13-29-18)25(22)11-9-16-6-3-2-4-7-16/h2-8,10,12-13H,9,11,14-15H2,1H3. The van der Waals surface area contributed by atoms with Crippen molar-refractivity contribution in [2.24, 2.45) is 0 Å². The number of aromatic nitrogens is 3. The molecule has 0 saturated heterocycles. The molecule has 1 aromatic carbocycles. The first-order valence-electron chi connectivity index (χ1n) is 9.50. The molecule has 154 valence electrons. The van der Waals surface area contributed by atoms with Crippen molar-refractivity contribution in [2.45, 2.75) is 30.3 Å². The SMILES string of the molecule is COC(=O)c1occc1CSc1nnc(Cc2cccs2)n1CCc1ccccc1. The van der Waals surface area contributed by atoms with Crippen LogP contribution in [0.25, 0.3) is 0 Å². The first-order chi connectivity index (χ1) is 14.7. The molecule has 0 bridgehead atoms. The molecule has 8 heteroatoms. The third kappa shape index (κ3) is 4.83. The smallest absolute Gasteiger partial charge is 0.374 e. The largest absolute Gasteiger partial charge is 0.463 e. The monoisotopic (exact) mass is 439 g/mol. The molecule has 4 aromatic rings. The van der Waals surface area contributed by atoms with Gasteiger partial charge in [-0.1, -0.05) is 48.2 Å². The molecule has 0 aliphatic rings. The van der Waals surface area contributed by atoms with Crippen LogP contribution in [0.3, 0.4) is 0 Å². The minimum absolute atomic E-state index is 0.235. The van der Waals surface area contributed by atoms with Gasteiger partial charge in [0.1, 0.15) is 5.82 Å². The van der Waals surface area contributed by atoms with E-state index in [0.29, 0.717) is 5.75 Å². The van der Waals surface area contributed by atoms with Gasteiger partial charge in [-0.2, -0.15) is 0 Å². The lowest BCUT2D eigenvalue weighted by Crippen LogP contribution is -2.08. The van der Waals surface area contributed by atoms with Crippen LogP contribution in [0.15, 0.2) is 69.7 Å². The molecule has 30 heavy (non-hydrogen) atoms. The summed E-state index contributed by atoms with van der Waals surface area (Å²) in [6, 6.07) is 16.3. The average molecular weight is 440 g/mol. The van der Waals surface area contributed by atoms with Gasteiger partial charge in [-0.15, -0.1) is 21.5 Å². The molecular formula is C22H21N3O3S2. The summed E-state index contributed by atoms with van der Waals surface area (Å²) in [6.07, 6.45) is 3.15. The number of carbonyl (C=O) groups excluding carboxylic acids is 1. The number of nitrogens with zero attached hydrogens (tertiary/aromatic N) is 3. The summed E-state index contributed by atoms with van der Waals surface area (Å²) in [5.41, 5.74) is 2.05.